The number of carboxylic acids is 1. The predicted molar refractivity (Wildman–Crippen MR) is 152 cm³/mol. The molecular formula is C33H32N2O3. The van der Waals surface area contributed by atoms with E-state index in [9.17, 15) is 9.90 Å². The van der Waals surface area contributed by atoms with Crippen LogP contribution in [-0.2, 0) is 13.2 Å². The molecule has 1 N–H and O–H groups in total. The minimum absolute atomic E-state index is 0.254. The standard InChI is InChI=1S/C33H32N2O3/c1-34(2)21-22-35-29-16-10-9-15-28(29)31(32(35)33(36)37)30(25-13-7-4-8-14-25)26-17-19-27(20-18-26)38-23-24-11-5-3-6-12-24/h3-20,30H,21-23H2,1-2H3,(H,36,37). The van der Waals surface area contributed by atoms with Crippen LogP contribution < -0.4 is 4.74 Å². The number of hydrogen-bond donors (Lipinski definition) is 1. The average Bonchev–Trinajstić information content (AvgIpc) is 3.27. The molecule has 0 radical (unpaired) electrons. The first-order valence-corrected chi connectivity index (χ1v) is 12.8. The Bertz CT molecular complexity index is 1510. The Balaban J connectivity index is 1.61. The third-order valence-corrected chi connectivity index (χ3v) is 6.87. The van der Waals surface area contributed by atoms with E-state index in [1.807, 2.05) is 104 Å². The highest BCUT2D eigenvalue weighted by Crippen LogP contribution is 2.40. The van der Waals surface area contributed by atoms with E-state index in [1.165, 1.54) is 0 Å². The lowest BCUT2D eigenvalue weighted by Crippen LogP contribution is -2.21. The molecule has 0 aliphatic rings. The van der Waals surface area contributed by atoms with Gasteiger partial charge in [-0.1, -0.05) is 91.0 Å². The van der Waals surface area contributed by atoms with E-state index in [0.29, 0.717) is 18.8 Å². The lowest BCUT2D eigenvalue weighted by atomic mass is 9.83. The zero-order chi connectivity index (χ0) is 26.5. The second-order valence-electron chi connectivity index (χ2n) is 9.73. The molecule has 1 unspecified atom stereocenters. The molecule has 0 saturated carbocycles. The summed E-state index contributed by atoms with van der Waals surface area (Å²) in [6.45, 7) is 1.82. The largest absolute Gasteiger partial charge is 0.489 e. The number of fused-ring (bicyclic) bond motifs is 1. The smallest absolute Gasteiger partial charge is 0.352 e. The van der Waals surface area contributed by atoms with E-state index in [4.69, 9.17) is 4.74 Å². The molecule has 38 heavy (non-hydrogen) atoms. The van der Waals surface area contributed by atoms with Crippen molar-refractivity contribution in [3.8, 4) is 5.75 Å². The number of nitrogens with zero attached hydrogens (tertiary/aromatic N) is 2. The Morgan fingerprint density at radius 3 is 2.08 bits per heavy atom. The van der Waals surface area contributed by atoms with Gasteiger partial charge in [0.05, 0.1) is 0 Å². The number of carboxylic acid groups (broad SMARTS) is 1. The van der Waals surface area contributed by atoms with Crippen LogP contribution in [-0.4, -0.2) is 41.2 Å². The third-order valence-electron chi connectivity index (χ3n) is 6.87. The molecule has 4 aromatic carbocycles. The van der Waals surface area contributed by atoms with Gasteiger partial charge >= 0.3 is 5.97 Å². The molecule has 0 fully saturated rings. The summed E-state index contributed by atoms with van der Waals surface area (Å²) in [5.74, 6) is -0.397. The normalized spacial score (nSPS) is 12.1. The molecule has 192 valence electrons. The molecule has 1 heterocycles. The van der Waals surface area contributed by atoms with Crippen molar-refractivity contribution >= 4 is 16.9 Å². The Kier molecular flexibility index (Phi) is 7.57. The van der Waals surface area contributed by atoms with Gasteiger partial charge in [-0.15, -0.1) is 0 Å². The monoisotopic (exact) mass is 504 g/mol. The van der Waals surface area contributed by atoms with Gasteiger partial charge < -0.3 is 19.3 Å². The van der Waals surface area contributed by atoms with Crippen LogP contribution in [0.5, 0.6) is 5.75 Å². The van der Waals surface area contributed by atoms with Gasteiger partial charge in [-0.05, 0) is 49.0 Å². The minimum atomic E-state index is -0.918. The number of aromatic carboxylic acids is 1. The van der Waals surface area contributed by atoms with Crippen molar-refractivity contribution in [2.75, 3.05) is 20.6 Å². The van der Waals surface area contributed by atoms with Crippen LogP contribution in [0, 0.1) is 0 Å². The summed E-state index contributed by atoms with van der Waals surface area (Å²) in [6.07, 6.45) is 0. The van der Waals surface area contributed by atoms with Crippen LogP contribution in [0.3, 0.4) is 0 Å². The van der Waals surface area contributed by atoms with Gasteiger partial charge in [0.15, 0.2) is 0 Å². The molecule has 5 heteroatoms. The number of carbonyl (C=O) groups is 1. The maximum Gasteiger partial charge on any atom is 0.352 e. The van der Waals surface area contributed by atoms with Gasteiger partial charge in [-0.2, -0.15) is 0 Å². The van der Waals surface area contributed by atoms with Crippen molar-refractivity contribution in [3.05, 3.63) is 137 Å². The third kappa shape index (κ3) is 5.34. The second-order valence-corrected chi connectivity index (χ2v) is 9.73. The van der Waals surface area contributed by atoms with Crippen molar-refractivity contribution in [2.45, 2.75) is 19.1 Å². The zero-order valence-electron chi connectivity index (χ0n) is 21.7. The molecule has 0 aliphatic carbocycles. The number of hydrogen-bond acceptors (Lipinski definition) is 3. The number of ether oxygens (including phenoxy) is 1. The molecule has 0 saturated heterocycles. The van der Waals surface area contributed by atoms with E-state index in [-0.39, 0.29) is 5.92 Å². The zero-order valence-corrected chi connectivity index (χ0v) is 21.7. The highest BCUT2D eigenvalue weighted by molar-refractivity contribution is 5.99. The quantitative estimate of drug-likeness (QED) is 0.231. The molecule has 5 rings (SSSR count). The first-order chi connectivity index (χ1) is 18.5. The summed E-state index contributed by atoms with van der Waals surface area (Å²) in [5, 5.41) is 11.5. The molecule has 0 bridgehead atoms. The number of para-hydroxylation sites is 1. The van der Waals surface area contributed by atoms with Crippen molar-refractivity contribution in [3.63, 3.8) is 0 Å². The molecule has 0 amide bonds. The Hall–Kier alpha value is -4.35. The first-order valence-electron chi connectivity index (χ1n) is 12.8. The van der Waals surface area contributed by atoms with Gasteiger partial charge in [-0.25, -0.2) is 4.79 Å². The summed E-state index contributed by atoms with van der Waals surface area (Å²) < 4.78 is 7.98. The van der Waals surface area contributed by atoms with Gasteiger partial charge in [0.25, 0.3) is 0 Å². The fourth-order valence-corrected chi connectivity index (χ4v) is 5.05. The van der Waals surface area contributed by atoms with Crippen LogP contribution in [0.25, 0.3) is 10.9 Å². The fraction of sp³-hybridized carbons (Fsp3) is 0.182. The van der Waals surface area contributed by atoms with Crippen LogP contribution >= 0.6 is 0 Å². The predicted octanol–water partition coefficient (Wildman–Crippen LogP) is 6.66. The van der Waals surface area contributed by atoms with E-state index >= 15 is 0 Å². The summed E-state index contributed by atoms with van der Waals surface area (Å²) >= 11 is 0. The SMILES string of the molecule is CN(C)CCn1c(C(=O)O)c(C(c2ccccc2)c2ccc(OCc3ccccc3)cc2)c2ccccc21. The molecule has 1 atom stereocenters. The molecule has 0 aliphatic heterocycles. The van der Waals surface area contributed by atoms with Crippen molar-refractivity contribution in [2.24, 2.45) is 0 Å². The second kappa shape index (κ2) is 11.4. The summed E-state index contributed by atoms with van der Waals surface area (Å²) in [5.41, 5.74) is 5.26. The molecule has 5 nitrogen and oxygen atoms in total. The summed E-state index contributed by atoms with van der Waals surface area (Å²) in [7, 11) is 4.00. The van der Waals surface area contributed by atoms with Crippen LogP contribution in [0.2, 0.25) is 0 Å². The lowest BCUT2D eigenvalue weighted by Gasteiger charge is -2.20. The molecule has 1 aromatic heterocycles. The van der Waals surface area contributed by atoms with E-state index in [1.54, 1.807) is 0 Å². The van der Waals surface area contributed by atoms with E-state index in [0.717, 1.165) is 45.5 Å². The molecule has 0 spiro atoms. The number of likely N-dealkylation sites (N-methyl/N-ethyl adjacent to an activating group) is 1. The lowest BCUT2D eigenvalue weighted by molar-refractivity contribution is 0.0683. The maximum atomic E-state index is 12.8. The fourth-order valence-electron chi connectivity index (χ4n) is 5.05. The summed E-state index contributed by atoms with van der Waals surface area (Å²) in [6, 6.07) is 36.3. The minimum Gasteiger partial charge on any atom is -0.489 e. The molecule has 5 aromatic rings. The van der Waals surface area contributed by atoms with E-state index < -0.39 is 5.97 Å². The van der Waals surface area contributed by atoms with Crippen molar-refractivity contribution < 1.29 is 14.6 Å². The van der Waals surface area contributed by atoms with E-state index in [2.05, 4.69) is 29.2 Å². The Labute approximate surface area is 223 Å². The van der Waals surface area contributed by atoms with Gasteiger partial charge in [0.1, 0.15) is 18.1 Å². The molecular weight excluding hydrogens is 472 g/mol. The Morgan fingerprint density at radius 1 is 0.816 bits per heavy atom. The van der Waals surface area contributed by atoms with Crippen LogP contribution in [0.1, 0.15) is 38.7 Å². The number of rotatable bonds is 10. The summed E-state index contributed by atoms with van der Waals surface area (Å²) in [4.78, 5) is 14.9. The number of aromatic nitrogens is 1. The highest BCUT2D eigenvalue weighted by Gasteiger charge is 2.30. The average molecular weight is 505 g/mol. The first kappa shape index (κ1) is 25.3. The maximum absolute atomic E-state index is 12.8. The van der Waals surface area contributed by atoms with Gasteiger partial charge in [0, 0.05) is 35.5 Å². The topological polar surface area (TPSA) is 54.7 Å². The van der Waals surface area contributed by atoms with Crippen LogP contribution in [0.15, 0.2) is 109 Å². The highest BCUT2D eigenvalue weighted by atomic mass is 16.5. The Morgan fingerprint density at radius 2 is 1.42 bits per heavy atom. The van der Waals surface area contributed by atoms with Crippen LogP contribution in [0.4, 0.5) is 0 Å². The van der Waals surface area contributed by atoms with Gasteiger partial charge in [-0.3, -0.25) is 0 Å². The van der Waals surface area contributed by atoms with Crippen molar-refractivity contribution in [1.82, 2.24) is 9.47 Å². The van der Waals surface area contributed by atoms with Gasteiger partial charge in [0.2, 0.25) is 0 Å². The van der Waals surface area contributed by atoms with Crippen molar-refractivity contribution in [1.29, 1.82) is 0 Å². The number of benzene rings is 4.